The van der Waals surface area contributed by atoms with E-state index in [-0.39, 0.29) is 23.5 Å². The third-order valence-electron chi connectivity index (χ3n) is 2.91. The number of alkyl halides is 3. The van der Waals surface area contributed by atoms with Gasteiger partial charge >= 0.3 is 6.18 Å². The number of carbonyl (C=O) groups excluding carboxylic acids is 1. The Morgan fingerprint density at radius 3 is 2.48 bits per heavy atom. The number of hydrogen-bond donors (Lipinski definition) is 2. The smallest absolute Gasteiger partial charge is 0.417 e. The third-order valence-corrected chi connectivity index (χ3v) is 2.91. The van der Waals surface area contributed by atoms with Gasteiger partial charge in [-0.2, -0.15) is 13.2 Å². The largest absolute Gasteiger partial charge is 0.459 e. The fourth-order valence-electron chi connectivity index (χ4n) is 1.96. The molecule has 21 heavy (non-hydrogen) atoms. The minimum Gasteiger partial charge on any atom is -0.459 e. The van der Waals surface area contributed by atoms with E-state index in [0.717, 1.165) is 6.07 Å². The highest BCUT2D eigenvalue weighted by molar-refractivity contribution is 5.74. The number of benzene rings is 1. The van der Waals surface area contributed by atoms with Crippen molar-refractivity contribution in [3.63, 3.8) is 0 Å². The van der Waals surface area contributed by atoms with Gasteiger partial charge < -0.3 is 15.9 Å². The molecule has 112 valence electrons. The predicted octanol–water partition coefficient (Wildman–Crippen LogP) is 2.84. The van der Waals surface area contributed by atoms with Crippen molar-refractivity contribution < 1.29 is 22.4 Å². The standard InChI is InChI=1S/C14H13F3N2O2/c15-14(16,17)9-4-2-1-3-8(9)11-5-6-12(21-11)10(18)7-13(19)20/h1-6,10H,7,18H2,(H2,19,20)/t10-/m0/s1. The Balaban J connectivity index is 2.37. The van der Waals surface area contributed by atoms with Crippen molar-refractivity contribution in [2.24, 2.45) is 11.5 Å². The van der Waals surface area contributed by atoms with Crippen molar-refractivity contribution >= 4 is 5.91 Å². The summed E-state index contributed by atoms with van der Waals surface area (Å²) >= 11 is 0. The van der Waals surface area contributed by atoms with Gasteiger partial charge in [-0.15, -0.1) is 0 Å². The van der Waals surface area contributed by atoms with Crippen LogP contribution in [-0.2, 0) is 11.0 Å². The monoisotopic (exact) mass is 298 g/mol. The Morgan fingerprint density at radius 1 is 1.19 bits per heavy atom. The lowest BCUT2D eigenvalue weighted by Gasteiger charge is -2.11. The van der Waals surface area contributed by atoms with Crippen molar-refractivity contribution in [3.05, 3.63) is 47.7 Å². The molecule has 0 radical (unpaired) electrons. The summed E-state index contributed by atoms with van der Waals surface area (Å²) in [6, 6.07) is 7.11. The van der Waals surface area contributed by atoms with Crippen LogP contribution in [0.4, 0.5) is 13.2 Å². The molecule has 0 bridgehead atoms. The van der Waals surface area contributed by atoms with Gasteiger partial charge in [-0.25, -0.2) is 0 Å². The number of rotatable bonds is 4. The second-order valence-corrected chi connectivity index (χ2v) is 4.52. The first-order valence-electron chi connectivity index (χ1n) is 6.09. The summed E-state index contributed by atoms with van der Waals surface area (Å²) < 4.78 is 44.2. The fourth-order valence-corrected chi connectivity index (χ4v) is 1.96. The zero-order valence-corrected chi connectivity index (χ0v) is 10.9. The van der Waals surface area contributed by atoms with E-state index >= 15 is 0 Å². The summed E-state index contributed by atoms with van der Waals surface area (Å²) in [5.41, 5.74) is 9.84. The number of halogens is 3. The number of furan rings is 1. The lowest BCUT2D eigenvalue weighted by atomic mass is 10.1. The highest BCUT2D eigenvalue weighted by Gasteiger charge is 2.34. The normalized spacial score (nSPS) is 13.1. The minimum absolute atomic E-state index is 0.0397. The Hall–Kier alpha value is -2.28. The van der Waals surface area contributed by atoms with Crippen LogP contribution in [0.1, 0.15) is 23.8 Å². The van der Waals surface area contributed by atoms with Gasteiger partial charge in [0.25, 0.3) is 0 Å². The number of hydrogen-bond acceptors (Lipinski definition) is 3. The molecule has 0 aliphatic heterocycles. The average molecular weight is 298 g/mol. The molecule has 1 aromatic heterocycles. The van der Waals surface area contributed by atoms with Crippen LogP contribution in [0.25, 0.3) is 11.3 Å². The van der Waals surface area contributed by atoms with Crippen LogP contribution < -0.4 is 11.5 Å². The van der Waals surface area contributed by atoms with Crippen molar-refractivity contribution in [2.75, 3.05) is 0 Å². The molecule has 0 saturated carbocycles. The van der Waals surface area contributed by atoms with Gasteiger partial charge in [0.05, 0.1) is 11.6 Å². The molecule has 2 rings (SSSR count). The summed E-state index contributed by atoms with van der Waals surface area (Å²) in [5.74, 6) is -0.366. The van der Waals surface area contributed by atoms with Crippen LogP contribution in [0.5, 0.6) is 0 Å². The molecular weight excluding hydrogens is 285 g/mol. The first kappa shape index (κ1) is 15.1. The molecule has 0 unspecified atom stereocenters. The Kier molecular flexibility index (Phi) is 4.04. The van der Waals surface area contributed by atoms with Crippen molar-refractivity contribution in [3.8, 4) is 11.3 Å². The summed E-state index contributed by atoms with van der Waals surface area (Å²) in [6.45, 7) is 0. The van der Waals surface area contributed by atoms with E-state index in [0.29, 0.717) is 0 Å². The quantitative estimate of drug-likeness (QED) is 0.910. The van der Waals surface area contributed by atoms with E-state index < -0.39 is 23.7 Å². The second-order valence-electron chi connectivity index (χ2n) is 4.52. The van der Waals surface area contributed by atoms with Gasteiger partial charge in [0.1, 0.15) is 11.5 Å². The first-order valence-corrected chi connectivity index (χ1v) is 6.09. The van der Waals surface area contributed by atoms with Gasteiger partial charge in [-0.1, -0.05) is 18.2 Å². The summed E-state index contributed by atoms with van der Waals surface area (Å²) in [6.07, 6.45) is -4.63. The molecule has 2 aromatic rings. The molecule has 1 amide bonds. The van der Waals surface area contributed by atoms with Crippen molar-refractivity contribution in [1.29, 1.82) is 0 Å². The molecule has 0 aliphatic carbocycles. The van der Waals surface area contributed by atoms with Gasteiger partial charge in [-0.3, -0.25) is 4.79 Å². The van der Waals surface area contributed by atoms with Gasteiger partial charge in [0, 0.05) is 12.0 Å². The molecule has 4 nitrogen and oxygen atoms in total. The Labute approximate surface area is 118 Å². The SMILES string of the molecule is NC(=O)C[C@H](N)c1ccc(-c2ccccc2C(F)(F)F)o1. The number of amides is 1. The molecule has 4 N–H and O–H groups in total. The van der Waals surface area contributed by atoms with Crippen molar-refractivity contribution in [1.82, 2.24) is 0 Å². The van der Waals surface area contributed by atoms with E-state index in [1.807, 2.05) is 0 Å². The average Bonchev–Trinajstić information content (AvgIpc) is 2.86. The molecule has 0 saturated heterocycles. The minimum atomic E-state index is -4.49. The highest BCUT2D eigenvalue weighted by atomic mass is 19.4. The maximum Gasteiger partial charge on any atom is 0.417 e. The van der Waals surface area contributed by atoms with Crippen molar-refractivity contribution in [2.45, 2.75) is 18.6 Å². The zero-order chi connectivity index (χ0) is 15.6. The Morgan fingerprint density at radius 2 is 1.86 bits per heavy atom. The van der Waals surface area contributed by atoms with Crippen LogP contribution in [0.2, 0.25) is 0 Å². The number of carbonyl (C=O) groups is 1. The first-order chi connectivity index (χ1) is 9.79. The van der Waals surface area contributed by atoms with Crippen LogP contribution in [-0.4, -0.2) is 5.91 Å². The topological polar surface area (TPSA) is 82.2 Å². The summed E-state index contributed by atoms with van der Waals surface area (Å²) in [5, 5.41) is 0. The maximum atomic E-state index is 12.9. The van der Waals surface area contributed by atoms with Crippen LogP contribution in [0.15, 0.2) is 40.8 Å². The molecule has 0 fully saturated rings. The van der Waals surface area contributed by atoms with E-state index in [1.165, 1.54) is 30.3 Å². The van der Waals surface area contributed by atoms with E-state index in [1.54, 1.807) is 0 Å². The van der Waals surface area contributed by atoms with Crippen LogP contribution in [0.3, 0.4) is 0 Å². The molecule has 1 aromatic carbocycles. The molecular formula is C14H13F3N2O2. The van der Waals surface area contributed by atoms with E-state index in [9.17, 15) is 18.0 Å². The number of primary amides is 1. The molecule has 0 spiro atoms. The third kappa shape index (κ3) is 3.43. The lowest BCUT2D eigenvalue weighted by Crippen LogP contribution is -2.20. The lowest BCUT2D eigenvalue weighted by molar-refractivity contribution is -0.137. The molecule has 7 heteroatoms. The zero-order valence-electron chi connectivity index (χ0n) is 10.9. The van der Waals surface area contributed by atoms with Crippen LogP contribution >= 0.6 is 0 Å². The Bertz CT molecular complexity index is 650. The van der Waals surface area contributed by atoms with Gasteiger partial charge in [-0.05, 0) is 18.2 Å². The van der Waals surface area contributed by atoms with E-state index in [2.05, 4.69) is 0 Å². The van der Waals surface area contributed by atoms with Gasteiger partial charge in [0.15, 0.2) is 0 Å². The molecule has 0 aliphatic rings. The fraction of sp³-hybridized carbons (Fsp3) is 0.214. The summed E-state index contributed by atoms with van der Waals surface area (Å²) in [7, 11) is 0. The summed E-state index contributed by atoms with van der Waals surface area (Å²) in [4.78, 5) is 10.8. The number of nitrogens with two attached hydrogens (primary N) is 2. The highest BCUT2D eigenvalue weighted by Crippen LogP contribution is 2.37. The van der Waals surface area contributed by atoms with E-state index in [4.69, 9.17) is 15.9 Å². The van der Waals surface area contributed by atoms with Gasteiger partial charge in [0.2, 0.25) is 5.91 Å². The maximum absolute atomic E-state index is 12.9. The van der Waals surface area contributed by atoms with Crippen LogP contribution in [0, 0.1) is 0 Å². The second kappa shape index (κ2) is 5.61. The predicted molar refractivity (Wildman–Crippen MR) is 69.9 cm³/mol. The molecule has 1 heterocycles. The molecule has 1 atom stereocenters.